The molecule has 1 heterocycles. The summed E-state index contributed by atoms with van der Waals surface area (Å²) in [4.78, 5) is 0. The Morgan fingerprint density at radius 1 is 1.56 bits per heavy atom. The summed E-state index contributed by atoms with van der Waals surface area (Å²) in [5, 5.41) is 7.07. The summed E-state index contributed by atoms with van der Waals surface area (Å²) in [5.74, 6) is 2.22. The van der Waals surface area contributed by atoms with Gasteiger partial charge in [0, 0.05) is 12.5 Å². The Bertz CT molecular complexity index is 392. The van der Waals surface area contributed by atoms with Crippen LogP contribution in [0.15, 0.2) is 0 Å². The van der Waals surface area contributed by atoms with Crippen LogP contribution in [0.4, 0.5) is 0 Å². The van der Waals surface area contributed by atoms with Gasteiger partial charge in [0.1, 0.15) is 5.82 Å². The highest BCUT2D eigenvalue weighted by Crippen LogP contribution is 2.28. The lowest BCUT2D eigenvalue weighted by Crippen LogP contribution is -2.11. The zero-order valence-electron chi connectivity index (χ0n) is 9.90. The fourth-order valence-electron chi connectivity index (χ4n) is 1.68. The number of aromatic nitrogens is 3. The molecule has 1 aromatic heterocycles. The summed E-state index contributed by atoms with van der Waals surface area (Å²) in [5.41, 5.74) is 0. The molecular weight excluding hydrogens is 222 g/mol. The molecule has 0 unspecified atom stereocenters. The van der Waals surface area contributed by atoms with Crippen LogP contribution in [0, 0.1) is 10.7 Å². The lowest BCUT2D eigenvalue weighted by Gasteiger charge is -2.09. The largest absolute Gasteiger partial charge is 0.379 e. The molecule has 0 radical (unpaired) electrons. The second-order valence-corrected chi connectivity index (χ2v) is 5.10. The summed E-state index contributed by atoms with van der Waals surface area (Å²) in [6.45, 7) is 6.67. The fraction of sp³-hybridized carbons (Fsp3) is 0.818. The smallest absolute Gasteiger partial charge is 0.195 e. The molecule has 1 aliphatic rings. The molecule has 90 valence electrons. The van der Waals surface area contributed by atoms with E-state index in [9.17, 15) is 0 Å². The van der Waals surface area contributed by atoms with Gasteiger partial charge in [-0.15, -0.1) is 0 Å². The van der Waals surface area contributed by atoms with E-state index in [-0.39, 0.29) is 0 Å². The first kappa shape index (κ1) is 11.8. The monoisotopic (exact) mass is 241 g/mol. The van der Waals surface area contributed by atoms with E-state index in [0.29, 0.717) is 10.7 Å². The number of nitrogens with zero attached hydrogens (tertiary/aromatic N) is 2. The zero-order valence-corrected chi connectivity index (χ0v) is 10.7. The van der Waals surface area contributed by atoms with E-state index in [0.717, 1.165) is 31.5 Å². The van der Waals surface area contributed by atoms with Crippen LogP contribution >= 0.6 is 12.2 Å². The van der Waals surface area contributed by atoms with Crippen LogP contribution in [0.5, 0.6) is 0 Å². The van der Waals surface area contributed by atoms with Crippen LogP contribution in [0.25, 0.3) is 0 Å². The van der Waals surface area contributed by atoms with Crippen molar-refractivity contribution in [1.29, 1.82) is 0 Å². The average molecular weight is 241 g/mol. The molecular formula is C11H19N3OS. The molecule has 16 heavy (non-hydrogen) atoms. The topological polar surface area (TPSA) is 42.8 Å². The summed E-state index contributed by atoms with van der Waals surface area (Å²) < 4.78 is 8.34. The third kappa shape index (κ3) is 2.92. The van der Waals surface area contributed by atoms with Crippen molar-refractivity contribution in [3.05, 3.63) is 10.6 Å². The van der Waals surface area contributed by atoms with Crippen LogP contribution in [-0.4, -0.2) is 28.0 Å². The van der Waals surface area contributed by atoms with Crippen molar-refractivity contribution in [3.8, 4) is 0 Å². The Kier molecular flexibility index (Phi) is 3.76. The number of H-pyrrole nitrogens is 1. The Balaban J connectivity index is 1.86. The van der Waals surface area contributed by atoms with Crippen LogP contribution in [0.2, 0.25) is 0 Å². The number of hydrogen-bond donors (Lipinski definition) is 1. The Morgan fingerprint density at radius 3 is 2.94 bits per heavy atom. The minimum Gasteiger partial charge on any atom is -0.379 e. The molecule has 2 rings (SSSR count). The quantitative estimate of drug-likeness (QED) is 0.614. The number of nitrogens with one attached hydrogen (secondary N) is 1. The Hall–Kier alpha value is -0.680. The third-order valence-electron chi connectivity index (χ3n) is 2.81. The first-order valence-corrected chi connectivity index (χ1v) is 6.32. The first-order chi connectivity index (χ1) is 7.68. The molecule has 0 atom stereocenters. The van der Waals surface area contributed by atoms with E-state index in [2.05, 4.69) is 24.0 Å². The molecule has 1 aromatic rings. The molecule has 0 aliphatic heterocycles. The Labute approximate surface area is 101 Å². The normalized spacial score (nSPS) is 15.9. The van der Waals surface area contributed by atoms with Gasteiger partial charge in [0.05, 0.1) is 13.2 Å². The minimum absolute atomic E-state index is 0.386. The predicted molar refractivity (Wildman–Crippen MR) is 65.0 cm³/mol. The molecule has 1 saturated carbocycles. The van der Waals surface area contributed by atoms with Gasteiger partial charge in [-0.1, -0.05) is 13.8 Å². The highest BCUT2D eigenvalue weighted by Gasteiger charge is 2.21. The van der Waals surface area contributed by atoms with Crippen molar-refractivity contribution in [2.45, 2.75) is 39.2 Å². The van der Waals surface area contributed by atoms with Gasteiger partial charge in [0.2, 0.25) is 0 Å². The maximum atomic E-state index is 5.61. The van der Waals surface area contributed by atoms with Crippen molar-refractivity contribution in [3.63, 3.8) is 0 Å². The van der Waals surface area contributed by atoms with Crippen LogP contribution in [0.1, 0.15) is 38.4 Å². The molecule has 1 fully saturated rings. The Morgan fingerprint density at radius 2 is 2.31 bits per heavy atom. The average Bonchev–Trinajstić information content (AvgIpc) is 2.98. The second kappa shape index (κ2) is 5.10. The molecule has 1 aliphatic carbocycles. The maximum absolute atomic E-state index is 5.61. The molecule has 0 spiro atoms. The summed E-state index contributed by atoms with van der Waals surface area (Å²) in [6, 6.07) is 0. The maximum Gasteiger partial charge on any atom is 0.195 e. The van der Waals surface area contributed by atoms with Gasteiger partial charge in [-0.05, 0) is 31.0 Å². The predicted octanol–water partition coefficient (Wildman–Crippen LogP) is 2.49. The van der Waals surface area contributed by atoms with Gasteiger partial charge in [-0.2, -0.15) is 5.10 Å². The highest BCUT2D eigenvalue weighted by atomic mass is 32.1. The molecule has 4 nitrogen and oxygen atoms in total. The molecule has 0 amide bonds. The van der Waals surface area contributed by atoms with Crippen LogP contribution < -0.4 is 0 Å². The van der Waals surface area contributed by atoms with Crippen LogP contribution in [-0.2, 0) is 11.3 Å². The van der Waals surface area contributed by atoms with Crippen molar-refractivity contribution in [1.82, 2.24) is 14.8 Å². The summed E-state index contributed by atoms with van der Waals surface area (Å²) in [6.07, 6.45) is 2.67. The van der Waals surface area contributed by atoms with Gasteiger partial charge in [-0.25, -0.2) is 0 Å². The van der Waals surface area contributed by atoms with Crippen molar-refractivity contribution >= 4 is 12.2 Å². The standard InChI is InChI=1S/C11H19N3OS/c1-8(2)10-12-13-11(16)14(10)5-6-15-7-9-3-4-9/h8-9H,3-7H2,1-2H3,(H,13,16). The summed E-state index contributed by atoms with van der Waals surface area (Å²) in [7, 11) is 0. The number of aromatic amines is 1. The van der Waals surface area contributed by atoms with E-state index < -0.39 is 0 Å². The van der Waals surface area contributed by atoms with Gasteiger partial charge >= 0.3 is 0 Å². The lowest BCUT2D eigenvalue weighted by molar-refractivity contribution is 0.116. The minimum atomic E-state index is 0.386. The van der Waals surface area contributed by atoms with Gasteiger partial charge in [-0.3, -0.25) is 5.10 Å². The van der Waals surface area contributed by atoms with Crippen molar-refractivity contribution in [2.75, 3.05) is 13.2 Å². The SMILES string of the molecule is CC(C)c1n[nH]c(=S)n1CCOCC1CC1. The first-order valence-electron chi connectivity index (χ1n) is 5.91. The molecule has 0 aromatic carbocycles. The number of rotatable bonds is 6. The van der Waals surface area contributed by atoms with Crippen molar-refractivity contribution < 1.29 is 4.74 Å². The molecule has 1 N–H and O–H groups in total. The van der Waals surface area contributed by atoms with E-state index >= 15 is 0 Å². The van der Waals surface area contributed by atoms with E-state index in [1.54, 1.807) is 0 Å². The number of ether oxygens (including phenoxy) is 1. The van der Waals surface area contributed by atoms with Gasteiger partial charge in [0.25, 0.3) is 0 Å². The van der Waals surface area contributed by atoms with E-state index in [1.165, 1.54) is 12.8 Å². The highest BCUT2D eigenvalue weighted by molar-refractivity contribution is 7.71. The second-order valence-electron chi connectivity index (χ2n) is 4.71. The van der Waals surface area contributed by atoms with E-state index in [4.69, 9.17) is 17.0 Å². The van der Waals surface area contributed by atoms with E-state index in [1.807, 2.05) is 4.57 Å². The molecule has 5 heteroatoms. The van der Waals surface area contributed by atoms with Gasteiger partial charge < -0.3 is 9.30 Å². The van der Waals surface area contributed by atoms with Crippen molar-refractivity contribution in [2.24, 2.45) is 5.92 Å². The lowest BCUT2D eigenvalue weighted by atomic mass is 10.2. The van der Waals surface area contributed by atoms with Gasteiger partial charge in [0.15, 0.2) is 4.77 Å². The van der Waals surface area contributed by atoms with Crippen LogP contribution in [0.3, 0.4) is 0 Å². The zero-order chi connectivity index (χ0) is 11.5. The fourth-order valence-corrected chi connectivity index (χ4v) is 1.91. The summed E-state index contributed by atoms with van der Waals surface area (Å²) >= 11 is 5.19. The molecule has 0 saturated heterocycles. The molecule has 0 bridgehead atoms. The third-order valence-corrected chi connectivity index (χ3v) is 3.13. The number of hydrogen-bond acceptors (Lipinski definition) is 3.